The summed E-state index contributed by atoms with van der Waals surface area (Å²) in [6.07, 6.45) is 2.00. The third-order valence-electron chi connectivity index (χ3n) is 1.83. The molecule has 0 aliphatic rings. The third-order valence-corrected chi connectivity index (χ3v) is 2.57. The second kappa shape index (κ2) is 6.29. The second-order valence-electron chi connectivity index (χ2n) is 3.22. The van der Waals surface area contributed by atoms with Crippen molar-refractivity contribution < 1.29 is 9.53 Å². The molecule has 17 heavy (non-hydrogen) atoms. The summed E-state index contributed by atoms with van der Waals surface area (Å²) in [5, 5.41) is 9.31. The summed E-state index contributed by atoms with van der Waals surface area (Å²) >= 11 is 11.6. The first kappa shape index (κ1) is 13.6. The van der Waals surface area contributed by atoms with Crippen LogP contribution in [0, 0.1) is 11.3 Å². The summed E-state index contributed by atoms with van der Waals surface area (Å²) in [6.45, 7) is 1.49. The fourth-order valence-electron chi connectivity index (χ4n) is 1.02. The zero-order valence-corrected chi connectivity index (χ0v) is 10.5. The maximum atomic E-state index is 11.2. The quantitative estimate of drug-likeness (QED) is 0.624. The van der Waals surface area contributed by atoms with Gasteiger partial charge in [0, 0.05) is 6.08 Å². The zero-order chi connectivity index (χ0) is 12.8. The Labute approximate surface area is 109 Å². The SMILES string of the molecule is C[C@H](C#N)OC(=O)/C=C/c1ccc(Cl)c(Cl)c1. The van der Waals surface area contributed by atoms with Gasteiger partial charge >= 0.3 is 5.97 Å². The first-order chi connectivity index (χ1) is 8.02. The lowest BCUT2D eigenvalue weighted by molar-refractivity contribution is -0.139. The number of halogens is 2. The number of hydrogen-bond acceptors (Lipinski definition) is 3. The van der Waals surface area contributed by atoms with Crippen molar-refractivity contribution in [2.75, 3.05) is 0 Å². The van der Waals surface area contributed by atoms with Crippen molar-refractivity contribution in [3.05, 3.63) is 39.9 Å². The molecule has 0 fully saturated rings. The van der Waals surface area contributed by atoms with Crippen LogP contribution in [0.3, 0.4) is 0 Å². The van der Waals surface area contributed by atoms with Crippen molar-refractivity contribution in [3.63, 3.8) is 0 Å². The first-order valence-electron chi connectivity index (χ1n) is 4.76. The lowest BCUT2D eigenvalue weighted by Gasteiger charge is -2.01. The van der Waals surface area contributed by atoms with Crippen molar-refractivity contribution in [1.82, 2.24) is 0 Å². The number of carbonyl (C=O) groups excluding carboxylic acids is 1. The van der Waals surface area contributed by atoms with E-state index in [-0.39, 0.29) is 0 Å². The molecule has 0 aliphatic carbocycles. The van der Waals surface area contributed by atoms with Crippen LogP contribution in [0.15, 0.2) is 24.3 Å². The number of esters is 1. The van der Waals surface area contributed by atoms with E-state index in [9.17, 15) is 4.79 Å². The maximum absolute atomic E-state index is 11.2. The molecular weight excluding hydrogens is 261 g/mol. The molecule has 0 heterocycles. The molecule has 0 spiro atoms. The van der Waals surface area contributed by atoms with Gasteiger partial charge in [0.15, 0.2) is 6.10 Å². The molecule has 1 rings (SSSR count). The summed E-state index contributed by atoms with van der Waals surface area (Å²) in [5.41, 5.74) is 0.723. The van der Waals surface area contributed by atoms with E-state index in [0.717, 1.165) is 5.56 Å². The van der Waals surface area contributed by atoms with Gasteiger partial charge in [0.25, 0.3) is 0 Å². The van der Waals surface area contributed by atoms with Gasteiger partial charge in [-0.2, -0.15) is 5.26 Å². The maximum Gasteiger partial charge on any atom is 0.332 e. The molecule has 1 aromatic carbocycles. The Balaban J connectivity index is 2.68. The Kier molecular flexibility index (Phi) is 5.02. The number of ether oxygens (including phenoxy) is 1. The summed E-state index contributed by atoms with van der Waals surface area (Å²) in [5.74, 6) is -0.579. The summed E-state index contributed by atoms with van der Waals surface area (Å²) in [6, 6.07) is 6.77. The predicted molar refractivity (Wildman–Crippen MR) is 66.7 cm³/mol. The Hall–Kier alpha value is -1.50. The molecule has 0 radical (unpaired) electrons. The lowest BCUT2D eigenvalue weighted by atomic mass is 10.2. The number of benzene rings is 1. The molecule has 0 bridgehead atoms. The molecule has 0 aliphatic heterocycles. The topological polar surface area (TPSA) is 50.1 Å². The van der Waals surface area contributed by atoms with Gasteiger partial charge < -0.3 is 4.74 Å². The number of carbonyl (C=O) groups is 1. The van der Waals surface area contributed by atoms with Gasteiger partial charge in [0.1, 0.15) is 6.07 Å². The molecule has 0 unspecified atom stereocenters. The van der Waals surface area contributed by atoms with Crippen molar-refractivity contribution in [3.8, 4) is 6.07 Å². The predicted octanol–water partition coefficient (Wildman–Crippen LogP) is 3.46. The summed E-state index contributed by atoms with van der Waals surface area (Å²) < 4.78 is 4.73. The highest BCUT2D eigenvalue weighted by atomic mass is 35.5. The van der Waals surface area contributed by atoms with Crippen LogP contribution in [0.5, 0.6) is 0 Å². The van der Waals surface area contributed by atoms with E-state index in [1.54, 1.807) is 24.3 Å². The van der Waals surface area contributed by atoms with E-state index in [1.165, 1.54) is 19.1 Å². The van der Waals surface area contributed by atoms with Crippen molar-refractivity contribution in [2.24, 2.45) is 0 Å². The number of nitrogens with zero attached hydrogens (tertiary/aromatic N) is 1. The highest BCUT2D eigenvalue weighted by Crippen LogP contribution is 2.23. The number of nitriles is 1. The highest BCUT2D eigenvalue weighted by molar-refractivity contribution is 6.42. The first-order valence-corrected chi connectivity index (χ1v) is 5.52. The van der Waals surface area contributed by atoms with E-state index < -0.39 is 12.1 Å². The Morgan fingerprint density at radius 3 is 2.76 bits per heavy atom. The molecule has 0 saturated heterocycles. The smallest absolute Gasteiger partial charge is 0.332 e. The average Bonchev–Trinajstić information content (AvgIpc) is 2.30. The van der Waals surface area contributed by atoms with Crippen LogP contribution in [-0.4, -0.2) is 12.1 Å². The van der Waals surface area contributed by atoms with E-state index in [1.807, 2.05) is 0 Å². The van der Waals surface area contributed by atoms with Gasteiger partial charge in [-0.25, -0.2) is 4.79 Å². The monoisotopic (exact) mass is 269 g/mol. The van der Waals surface area contributed by atoms with Gasteiger partial charge in [-0.05, 0) is 30.7 Å². The van der Waals surface area contributed by atoms with Gasteiger partial charge in [-0.15, -0.1) is 0 Å². The zero-order valence-electron chi connectivity index (χ0n) is 8.98. The van der Waals surface area contributed by atoms with Gasteiger partial charge in [0.05, 0.1) is 10.0 Å². The van der Waals surface area contributed by atoms with Crippen LogP contribution in [0.2, 0.25) is 10.0 Å². The summed E-state index contributed by atoms with van der Waals surface area (Å²) in [7, 11) is 0. The van der Waals surface area contributed by atoms with Crippen molar-refractivity contribution >= 4 is 35.2 Å². The van der Waals surface area contributed by atoms with Gasteiger partial charge in [0.2, 0.25) is 0 Å². The standard InChI is InChI=1S/C12H9Cl2NO2/c1-8(7-15)17-12(16)5-3-9-2-4-10(13)11(14)6-9/h2-6,8H,1H3/b5-3+/t8-/m1/s1. The molecule has 1 atom stereocenters. The molecule has 88 valence electrons. The largest absolute Gasteiger partial charge is 0.444 e. The minimum Gasteiger partial charge on any atom is -0.444 e. The van der Waals surface area contributed by atoms with E-state index in [2.05, 4.69) is 0 Å². The second-order valence-corrected chi connectivity index (χ2v) is 4.03. The van der Waals surface area contributed by atoms with Crippen LogP contribution in [0.4, 0.5) is 0 Å². The summed E-state index contributed by atoms with van der Waals surface area (Å²) in [4.78, 5) is 11.2. The van der Waals surface area contributed by atoms with Crippen LogP contribution in [0.25, 0.3) is 6.08 Å². The van der Waals surface area contributed by atoms with Crippen molar-refractivity contribution in [2.45, 2.75) is 13.0 Å². The minimum absolute atomic E-state index is 0.410. The third kappa shape index (κ3) is 4.48. The Bertz CT molecular complexity index is 492. The fourth-order valence-corrected chi connectivity index (χ4v) is 1.33. The molecule has 5 heteroatoms. The van der Waals surface area contributed by atoms with Crippen molar-refractivity contribution in [1.29, 1.82) is 5.26 Å². The fraction of sp³-hybridized carbons (Fsp3) is 0.167. The average molecular weight is 270 g/mol. The molecule has 0 amide bonds. The van der Waals surface area contributed by atoms with Crippen LogP contribution < -0.4 is 0 Å². The number of hydrogen-bond donors (Lipinski definition) is 0. The van der Waals surface area contributed by atoms with Crippen LogP contribution >= 0.6 is 23.2 Å². The molecule has 0 saturated carbocycles. The van der Waals surface area contributed by atoms with Gasteiger partial charge in [-0.1, -0.05) is 29.3 Å². The molecule has 0 aromatic heterocycles. The normalized spacial score (nSPS) is 12.1. The molecule has 0 N–H and O–H groups in total. The minimum atomic E-state index is -0.763. The van der Waals surface area contributed by atoms with Gasteiger partial charge in [-0.3, -0.25) is 0 Å². The molecule has 1 aromatic rings. The highest BCUT2D eigenvalue weighted by Gasteiger charge is 2.04. The Morgan fingerprint density at radius 1 is 1.47 bits per heavy atom. The molecule has 3 nitrogen and oxygen atoms in total. The van der Waals surface area contributed by atoms with E-state index in [0.29, 0.717) is 10.0 Å². The Morgan fingerprint density at radius 2 is 2.18 bits per heavy atom. The molecular formula is C12H9Cl2NO2. The van der Waals surface area contributed by atoms with Crippen LogP contribution in [-0.2, 0) is 9.53 Å². The lowest BCUT2D eigenvalue weighted by Crippen LogP contribution is -2.10. The van der Waals surface area contributed by atoms with E-state index >= 15 is 0 Å². The van der Waals surface area contributed by atoms with Crippen LogP contribution in [0.1, 0.15) is 12.5 Å². The van der Waals surface area contributed by atoms with E-state index in [4.69, 9.17) is 33.2 Å². The number of rotatable bonds is 3.